The second kappa shape index (κ2) is 7.30. The quantitative estimate of drug-likeness (QED) is 0.575. The summed E-state index contributed by atoms with van der Waals surface area (Å²) in [6.07, 6.45) is 1.99. The van der Waals surface area contributed by atoms with E-state index in [0.29, 0.717) is 34.4 Å². The van der Waals surface area contributed by atoms with Crippen LogP contribution in [0.15, 0.2) is 42.8 Å². The van der Waals surface area contributed by atoms with Crippen LogP contribution < -0.4 is 0 Å². The Balaban J connectivity index is 1.62. The summed E-state index contributed by atoms with van der Waals surface area (Å²) in [4.78, 5) is 0. The molecule has 3 rings (SSSR count). The number of hydrogen-bond acceptors (Lipinski definition) is 8. The lowest BCUT2D eigenvalue weighted by molar-refractivity contribution is 0.426. The largest absolute Gasteiger partial charge is 0.420 e. The Morgan fingerprint density at radius 2 is 1.68 bits per heavy atom. The van der Waals surface area contributed by atoms with E-state index in [1.807, 2.05) is 30.5 Å². The van der Waals surface area contributed by atoms with Gasteiger partial charge in [-0.25, -0.2) is 0 Å². The molecule has 0 saturated carbocycles. The summed E-state index contributed by atoms with van der Waals surface area (Å²) in [5.74, 6) is 2.84. The Morgan fingerprint density at radius 3 is 2.45 bits per heavy atom. The molecule has 22 heavy (non-hydrogen) atoms. The minimum atomic E-state index is 0.491. The van der Waals surface area contributed by atoms with Crippen LogP contribution in [0.3, 0.4) is 0 Å². The van der Waals surface area contributed by atoms with Crippen molar-refractivity contribution >= 4 is 39.5 Å². The highest BCUT2D eigenvalue weighted by molar-refractivity contribution is 9.10. The molecule has 0 saturated heterocycles. The van der Waals surface area contributed by atoms with E-state index in [4.69, 9.17) is 8.83 Å². The van der Waals surface area contributed by atoms with Gasteiger partial charge < -0.3 is 8.83 Å². The Morgan fingerprint density at radius 1 is 0.955 bits per heavy atom. The molecule has 3 aromatic rings. The van der Waals surface area contributed by atoms with E-state index >= 15 is 0 Å². The fraction of sp³-hybridized carbons (Fsp3) is 0.231. The molecule has 0 fully saturated rings. The number of nitrogens with zero attached hydrogens (tertiary/aromatic N) is 4. The minimum absolute atomic E-state index is 0.491. The Bertz CT molecular complexity index is 745. The molecule has 9 heteroatoms. The van der Waals surface area contributed by atoms with Gasteiger partial charge in [0.15, 0.2) is 0 Å². The molecule has 0 aliphatic rings. The highest BCUT2D eigenvalue weighted by Crippen LogP contribution is 2.25. The van der Waals surface area contributed by atoms with Crippen molar-refractivity contribution in [1.29, 1.82) is 0 Å². The van der Waals surface area contributed by atoms with Crippen LogP contribution in [0.4, 0.5) is 0 Å². The number of halogens is 1. The monoisotopic (exact) mass is 398 g/mol. The van der Waals surface area contributed by atoms with E-state index in [1.165, 1.54) is 11.8 Å². The molecule has 0 aliphatic carbocycles. The number of aromatic nitrogens is 4. The van der Waals surface area contributed by atoms with Crippen LogP contribution in [0.25, 0.3) is 11.5 Å². The second-order valence-electron chi connectivity index (χ2n) is 4.19. The number of rotatable bonds is 6. The molecule has 114 valence electrons. The zero-order valence-corrected chi connectivity index (χ0v) is 14.7. The first-order valence-corrected chi connectivity index (χ1v) is 9.44. The van der Waals surface area contributed by atoms with Crippen molar-refractivity contribution in [2.45, 2.75) is 16.7 Å². The maximum absolute atomic E-state index is 5.63. The van der Waals surface area contributed by atoms with E-state index in [-0.39, 0.29) is 0 Å². The first-order valence-electron chi connectivity index (χ1n) is 6.27. The lowest BCUT2D eigenvalue weighted by Crippen LogP contribution is -1.80. The summed E-state index contributed by atoms with van der Waals surface area (Å²) >= 11 is 6.40. The molecule has 0 amide bonds. The average molecular weight is 399 g/mol. The van der Waals surface area contributed by atoms with Crippen molar-refractivity contribution in [2.24, 2.45) is 0 Å². The van der Waals surface area contributed by atoms with Gasteiger partial charge in [0.2, 0.25) is 17.7 Å². The predicted octanol–water partition coefficient (Wildman–Crippen LogP) is 4.04. The summed E-state index contributed by atoms with van der Waals surface area (Å²) in [7, 11) is 0. The third-order valence-electron chi connectivity index (χ3n) is 2.59. The van der Waals surface area contributed by atoms with Gasteiger partial charge in [-0.1, -0.05) is 27.7 Å². The topological polar surface area (TPSA) is 77.8 Å². The number of hydrogen-bond donors (Lipinski definition) is 0. The summed E-state index contributed by atoms with van der Waals surface area (Å²) in [6.45, 7) is 0. The van der Waals surface area contributed by atoms with Gasteiger partial charge in [0.1, 0.15) is 0 Å². The Labute approximate surface area is 143 Å². The van der Waals surface area contributed by atoms with Crippen LogP contribution in [0.2, 0.25) is 0 Å². The number of benzene rings is 1. The van der Waals surface area contributed by atoms with E-state index in [9.17, 15) is 0 Å². The molecule has 0 bridgehead atoms. The molecule has 0 N–H and O–H groups in total. The van der Waals surface area contributed by atoms with Crippen LogP contribution in [-0.4, -0.2) is 26.7 Å². The third-order valence-corrected chi connectivity index (χ3v) is 4.46. The standard InChI is InChI=1S/C13H11BrN4O2S2/c1-21-6-10-16-18-13(20-10)22-7-11-15-17-12(19-11)8-2-4-9(14)5-3-8/h2-5H,6-7H2,1H3. The van der Waals surface area contributed by atoms with Crippen LogP contribution in [0.5, 0.6) is 0 Å². The highest BCUT2D eigenvalue weighted by atomic mass is 79.9. The van der Waals surface area contributed by atoms with Crippen molar-refractivity contribution in [1.82, 2.24) is 20.4 Å². The fourth-order valence-corrected chi connectivity index (χ4v) is 2.87. The van der Waals surface area contributed by atoms with Crippen molar-refractivity contribution < 1.29 is 8.83 Å². The van der Waals surface area contributed by atoms with Gasteiger partial charge in [0.25, 0.3) is 5.22 Å². The van der Waals surface area contributed by atoms with Gasteiger partial charge in [0.05, 0.1) is 11.5 Å². The molecule has 0 spiro atoms. The molecule has 6 nitrogen and oxygen atoms in total. The fourth-order valence-electron chi connectivity index (χ4n) is 1.62. The van der Waals surface area contributed by atoms with E-state index in [1.54, 1.807) is 11.8 Å². The van der Waals surface area contributed by atoms with Crippen molar-refractivity contribution in [2.75, 3.05) is 6.26 Å². The Hall–Kier alpha value is -1.32. The average Bonchev–Trinajstić information content (AvgIpc) is 3.16. The van der Waals surface area contributed by atoms with Crippen molar-refractivity contribution in [3.8, 4) is 11.5 Å². The molecule has 0 atom stereocenters. The van der Waals surface area contributed by atoms with Crippen LogP contribution in [0, 0.1) is 0 Å². The van der Waals surface area contributed by atoms with Gasteiger partial charge in [-0.3, -0.25) is 0 Å². The third kappa shape index (κ3) is 3.90. The van der Waals surface area contributed by atoms with Crippen molar-refractivity contribution in [3.05, 3.63) is 40.5 Å². The van der Waals surface area contributed by atoms with Crippen LogP contribution in [-0.2, 0) is 11.5 Å². The van der Waals surface area contributed by atoms with Gasteiger partial charge in [0, 0.05) is 10.0 Å². The molecule has 2 aromatic heterocycles. The molecule has 0 radical (unpaired) electrons. The van der Waals surface area contributed by atoms with Crippen molar-refractivity contribution in [3.63, 3.8) is 0 Å². The van der Waals surface area contributed by atoms with Crippen LogP contribution in [0.1, 0.15) is 11.8 Å². The SMILES string of the molecule is CSCc1nnc(SCc2nnc(-c3ccc(Br)cc3)o2)o1. The normalized spacial score (nSPS) is 11.0. The van der Waals surface area contributed by atoms with E-state index < -0.39 is 0 Å². The van der Waals surface area contributed by atoms with E-state index in [0.717, 1.165) is 10.0 Å². The Kier molecular flexibility index (Phi) is 5.16. The molecule has 1 aromatic carbocycles. The first kappa shape index (κ1) is 15.6. The summed E-state index contributed by atoms with van der Waals surface area (Å²) in [6, 6.07) is 7.70. The second-order valence-corrected chi connectivity index (χ2v) is 6.90. The lowest BCUT2D eigenvalue weighted by Gasteiger charge is -1.94. The summed E-state index contributed by atoms with van der Waals surface area (Å²) < 4.78 is 12.1. The molecule has 0 unspecified atom stereocenters. The molecular weight excluding hydrogens is 388 g/mol. The van der Waals surface area contributed by atoms with Gasteiger partial charge in [-0.05, 0) is 30.5 Å². The predicted molar refractivity (Wildman–Crippen MR) is 88.5 cm³/mol. The minimum Gasteiger partial charge on any atom is -0.420 e. The molecule has 2 heterocycles. The van der Waals surface area contributed by atoms with E-state index in [2.05, 4.69) is 36.3 Å². The van der Waals surface area contributed by atoms with Crippen LogP contribution >= 0.6 is 39.5 Å². The molecular formula is C13H11BrN4O2S2. The maximum Gasteiger partial charge on any atom is 0.277 e. The number of thioether (sulfide) groups is 2. The zero-order valence-electron chi connectivity index (χ0n) is 11.5. The lowest BCUT2D eigenvalue weighted by atomic mass is 10.2. The van der Waals surface area contributed by atoms with Gasteiger partial charge in [-0.15, -0.1) is 20.4 Å². The summed E-state index contributed by atoms with van der Waals surface area (Å²) in [5, 5.41) is 16.5. The molecule has 0 aliphatic heterocycles. The smallest absolute Gasteiger partial charge is 0.277 e. The summed E-state index contributed by atoms with van der Waals surface area (Å²) in [5.41, 5.74) is 0.881. The maximum atomic E-state index is 5.63. The van der Waals surface area contributed by atoms with Gasteiger partial charge in [-0.2, -0.15) is 11.8 Å². The highest BCUT2D eigenvalue weighted by Gasteiger charge is 2.11. The first-order chi connectivity index (χ1) is 10.7. The zero-order chi connectivity index (χ0) is 15.4. The van der Waals surface area contributed by atoms with Gasteiger partial charge >= 0.3 is 0 Å².